The minimum absolute atomic E-state index is 0. The van der Waals surface area contributed by atoms with E-state index in [1.54, 1.807) is 0 Å². The third-order valence-electron chi connectivity index (χ3n) is 10.4. The Labute approximate surface area is 331 Å². The summed E-state index contributed by atoms with van der Waals surface area (Å²) < 4.78 is 0. The molecular weight excluding hydrogens is 685 g/mol. The van der Waals surface area contributed by atoms with E-state index in [-0.39, 0.29) is 34.7 Å². The number of allylic oxidation sites excluding steroid dienone is 3. The van der Waals surface area contributed by atoms with Crippen LogP contribution >= 0.6 is 0 Å². The van der Waals surface area contributed by atoms with Gasteiger partial charge in [0.05, 0.1) is 0 Å². The molecule has 5 heteroatoms. The van der Waals surface area contributed by atoms with Gasteiger partial charge in [0.2, 0.25) is 0 Å². The van der Waals surface area contributed by atoms with Crippen molar-refractivity contribution in [2.75, 3.05) is 0 Å². The molecule has 0 amide bonds. The SMILES string of the molecule is CCCCc1ccc([Si]([N-]C(C)(C)C)(c2ccc(CCCC)cc2)C2CC(N3Cc4ccccc4C3)C3C=CC=CC32)cc1.[CH2-][Si]([CH2-])(C)C.[CH3-].[Ti+4]. The molecule has 0 N–H and O–H groups in total. The van der Waals surface area contributed by atoms with Crippen LogP contribution in [0.25, 0.3) is 4.98 Å². The molecule has 3 aromatic rings. The summed E-state index contributed by atoms with van der Waals surface area (Å²) in [5, 5.41) is 2.98. The fraction of sp³-hybridized carbons (Fsp3) is 0.457. The largest absolute Gasteiger partial charge is 4.00 e. The van der Waals surface area contributed by atoms with Gasteiger partial charge in [0.1, 0.15) is 0 Å². The Balaban J connectivity index is 0.000000939. The number of rotatable bonds is 11. The molecule has 0 spiro atoms. The first-order valence-corrected chi connectivity index (χ1v) is 24.6. The van der Waals surface area contributed by atoms with Gasteiger partial charge in [0.25, 0.3) is 0 Å². The molecule has 4 atom stereocenters. The predicted molar refractivity (Wildman–Crippen MR) is 226 cm³/mol. The summed E-state index contributed by atoms with van der Waals surface area (Å²) >= 11 is 0. The van der Waals surface area contributed by atoms with Crippen LogP contribution in [0.5, 0.6) is 0 Å². The van der Waals surface area contributed by atoms with Crippen LogP contribution in [-0.4, -0.2) is 32.8 Å². The standard InChI is InChI=1S/C41H53N2Si.C4H10Si.CH3.Ti/c1-6-8-14-31-20-24-35(25-21-31)44(42-41(3,4)5,36-26-22-32(23-27-36)15-9-7-2)40-28-39(37-18-12-13-19-38(37)40)43-29-33-16-10-11-17-34(33)30-43;1-5(2,3)4;;/h10-13,16-27,37-40H,6-9,14-15,28-30H2,1-5H3;1-2H2,3-4H3;1H3;/q-1;-2;-1;+4. The van der Waals surface area contributed by atoms with Crippen molar-refractivity contribution in [2.24, 2.45) is 11.8 Å². The molecule has 0 bridgehead atoms. The average molecular weight is 751 g/mol. The van der Waals surface area contributed by atoms with Crippen LogP contribution in [0.1, 0.15) is 89.0 Å². The molecule has 272 valence electrons. The van der Waals surface area contributed by atoms with Gasteiger partial charge in [0, 0.05) is 27.4 Å². The summed E-state index contributed by atoms with van der Waals surface area (Å²) in [4.78, 5) is 8.90. The van der Waals surface area contributed by atoms with E-state index in [2.05, 4.69) is 163 Å². The van der Waals surface area contributed by atoms with Crippen molar-refractivity contribution in [1.82, 2.24) is 4.90 Å². The molecule has 0 saturated heterocycles. The van der Waals surface area contributed by atoms with E-state index in [4.69, 9.17) is 4.98 Å². The molecule has 2 aliphatic carbocycles. The minimum atomic E-state index is -2.63. The van der Waals surface area contributed by atoms with Crippen molar-refractivity contribution >= 4 is 26.7 Å². The molecule has 3 aromatic carbocycles. The van der Waals surface area contributed by atoms with E-state index < -0.39 is 16.3 Å². The van der Waals surface area contributed by atoms with Gasteiger partial charge in [-0.25, -0.2) is 0 Å². The van der Waals surface area contributed by atoms with Crippen molar-refractivity contribution in [1.29, 1.82) is 0 Å². The van der Waals surface area contributed by atoms with Gasteiger partial charge >= 0.3 is 21.7 Å². The molecule has 0 radical (unpaired) electrons. The minimum Gasteiger partial charge on any atom is -0.652 e. The number of benzene rings is 3. The average Bonchev–Trinajstić information content (AvgIpc) is 3.67. The van der Waals surface area contributed by atoms with Crippen LogP contribution in [0.4, 0.5) is 0 Å². The Hall–Kier alpha value is -1.79. The van der Waals surface area contributed by atoms with E-state index in [1.165, 1.54) is 64.7 Å². The van der Waals surface area contributed by atoms with Gasteiger partial charge in [-0.05, 0) is 71.7 Å². The molecule has 1 fully saturated rings. The number of unbranched alkanes of at least 4 members (excludes halogenated alkanes) is 2. The van der Waals surface area contributed by atoms with E-state index in [9.17, 15) is 0 Å². The van der Waals surface area contributed by atoms with E-state index in [0.29, 0.717) is 23.4 Å². The monoisotopic (exact) mass is 750 g/mol. The summed E-state index contributed by atoms with van der Waals surface area (Å²) in [7, 11) is -3.74. The van der Waals surface area contributed by atoms with Gasteiger partial charge in [0.15, 0.2) is 0 Å². The van der Waals surface area contributed by atoms with Crippen LogP contribution in [0.15, 0.2) is 97.1 Å². The van der Waals surface area contributed by atoms with Gasteiger partial charge in [-0.2, -0.15) is 0 Å². The van der Waals surface area contributed by atoms with Crippen LogP contribution in [-0.2, 0) is 47.6 Å². The Morgan fingerprint density at radius 2 is 1.16 bits per heavy atom. The van der Waals surface area contributed by atoms with Crippen molar-refractivity contribution in [3.63, 3.8) is 0 Å². The van der Waals surface area contributed by atoms with Crippen molar-refractivity contribution in [3.8, 4) is 0 Å². The third-order valence-corrected chi connectivity index (χ3v) is 15.6. The molecular formula is C46H66N2Si2Ti. The molecule has 4 unspecified atom stereocenters. The first-order chi connectivity index (χ1) is 23.3. The maximum Gasteiger partial charge on any atom is 4.00 e. The second-order valence-corrected chi connectivity index (χ2v) is 24.8. The Kier molecular flexibility index (Phi) is 16.2. The zero-order valence-corrected chi connectivity index (χ0v) is 36.8. The topological polar surface area (TPSA) is 17.3 Å². The quantitative estimate of drug-likeness (QED) is 0.141. The molecule has 1 aliphatic heterocycles. The van der Waals surface area contributed by atoms with Gasteiger partial charge < -0.3 is 25.5 Å². The third kappa shape index (κ3) is 11.1. The summed E-state index contributed by atoms with van der Waals surface area (Å²) in [5.74, 6) is 1.01. The van der Waals surface area contributed by atoms with Crippen molar-refractivity contribution in [2.45, 2.75) is 123 Å². The number of hydrogen-bond acceptors (Lipinski definition) is 1. The van der Waals surface area contributed by atoms with Gasteiger partial charge in [-0.15, -0.1) is 18.6 Å². The van der Waals surface area contributed by atoms with E-state index in [0.717, 1.165) is 25.9 Å². The second kappa shape index (κ2) is 19.0. The summed E-state index contributed by atoms with van der Waals surface area (Å²) in [5.41, 5.74) is 6.29. The number of aryl methyl sites for hydroxylation is 2. The van der Waals surface area contributed by atoms with Crippen LogP contribution in [0, 0.1) is 32.4 Å². The second-order valence-electron chi connectivity index (χ2n) is 16.8. The molecule has 2 nitrogen and oxygen atoms in total. The maximum absolute atomic E-state index is 6.10. The van der Waals surface area contributed by atoms with Crippen LogP contribution < -0.4 is 10.4 Å². The first-order valence-electron chi connectivity index (χ1n) is 19.1. The predicted octanol–water partition coefficient (Wildman–Crippen LogP) is 11.0. The fourth-order valence-electron chi connectivity index (χ4n) is 8.39. The molecule has 1 saturated carbocycles. The Bertz CT molecular complexity index is 1470. The smallest absolute Gasteiger partial charge is 0.652 e. The number of nitrogens with zero attached hydrogens (tertiary/aromatic N) is 2. The fourth-order valence-corrected chi connectivity index (χ4v) is 13.9. The Morgan fingerprint density at radius 3 is 1.57 bits per heavy atom. The molecule has 0 aromatic heterocycles. The van der Waals surface area contributed by atoms with Crippen LogP contribution in [0.3, 0.4) is 0 Å². The molecule has 3 aliphatic rings. The van der Waals surface area contributed by atoms with Crippen molar-refractivity contribution in [3.05, 3.63) is 145 Å². The molecule has 51 heavy (non-hydrogen) atoms. The summed E-state index contributed by atoms with van der Waals surface area (Å²) in [6.07, 6.45) is 18.2. The number of hydrogen-bond donors (Lipinski definition) is 0. The summed E-state index contributed by atoms with van der Waals surface area (Å²) in [6, 6.07) is 29.3. The zero-order valence-electron chi connectivity index (χ0n) is 33.2. The van der Waals surface area contributed by atoms with E-state index >= 15 is 0 Å². The van der Waals surface area contributed by atoms with E-state index in [1.807, 2.05) is 0 Å². The normalized spacial score (nSPS) is 21.2. The number of fused-ring (bicyclic) bond motifs is 2. The molecule has 6 rings (SSSR count). The summed E-state index contributed by atoms with van der Waals surface area (Å²) in [6.45, 7) is 25.5. The Morgan fingerprint density at radius 1 is 0.725 bits per heavy atom. The van der Waals surface area contributed by atoms with Crippen molar-refractivity contribution < 1.29 is 21.7 Å². The molecule has 1 heterocycles. The maximum atomic E-state index is 6.10. The van der Waals surface area contributed by atoms with Gasteiger partial charge in [-0.3, -0.25) is 13.0 Å². The zero-order chi connectivity index (χ0) is 35.2. The van der Waals surface area contributed by atoms with Gasteiger partial charge in [-0.1, -0.05) is 155 Å². The van der Waals surface area contributed by atoms with Crippen LogP contribution in [0.2, 0.25) is 18.6 Å². The first kappa shape index (κ1) is 43.6.